The lowest BCUT2D eigenvalue weighted by atomic mass is 10.1. The number of ether oxygens (including phenoxy) is 3. The number of hydrogen-bond donors (Lipinski definition) is 1. The second-order valence-corrected chi connectivity index (χ2v) is 10.1. The number of cyclic esters (lactones) is 1. The van der Waals surface area contributed by atoms with Crippen molar-refractivity contribution < 1.29 is 33.1 Å². The van der Waals surface area contributed by atoms with Gasteiger partial charge in [-0.3, -0.25) is 14.9 Å². The van der Waals surface area contributed by atoms with E-state index < -0.39 is 0 Å². The predicted octanol–water partition coefficient (Wildman–Crippen LogP) is 4.37. The Hall–Kier alpha value is -2.88. The van der Waals surface area contributed by atoms with Gasteiger partial charge in [-0.25, -0.2) is 0 Å². The number of thioether (sulfide) groups is 1. The third-order valence-corrected chi connectivity index (χ3v) is 7.29. The van der Waals surface area contributed by atoms with Crippen LogP contribution in [-0.4, -0.2) is 66.1 Å². The van der Waals surface area contributed by atoms with E-state index in [4.69, 9.17) is 14.2 Å². The van der Waals surface area contributed by atoms with Crippen molar-refractivity contribution in [2.24, 2.45) is 0 Å². The molecular formula is C26H31N2O6S+. The Kier molecular flexibility index (Phi) is 8.10. The monoisotopic (exact) mass is 499 g/mol. The number of imide groups is 1. The molecule has 4 aliphatic rings. The van der Waals surface area contributed by atoms with E-state index in [0.717, 1.165) is 23.7 Å². The van der Waals surface area contributed by atoms with E-state index in [-0.39, 0.29) is 39.7 Å². The van der Waals surface area contributed by atoms with Crippen molar-refractivity contribution in [3.8, 4) is 16.9 Å². The van der Waals surface area contributed by atoms with Crippen LogP contribution in [0.2, 0.25) is 0 Å². The molecule has 9 heteroatoms. The highest BCUT2D eigenvalue weighted by Gasteiger charge is 2.49. The Balaban J connectivity index is 0.000000411. The van der Waals surface area contributed by atoms with Crippen LogP contribution in [0.5, 0.6) is 5.75 Å². The first-order chi connectivity index (χ1) is 16.9. The molecule has 0 aromatic heterocycles. The van der Waals surface area contributed by atoms with Gasteiger partial charge >= 0.3 is 6.09 Å². The predicted molar refractivity (Wildman–Crippen MR) is 133 cm³/mol. The summed E-state index contributed by atoms with van der Waals surface area (Å²) in [6.45, 7) is 6.19. The maximum absolute atomic E-state index is 12.4. The normalized spacial score (nSPS) is 22.7. The summed E-state index contributed by atoms with van der Waals surface area (Å²) in [5.74, 6) is 0.436. The zero-order valence-corrected chi connectivity index (χ0v) is 20.8. The molecule has 3 unspecified atom stereocenters. The summed E-state index contributed by atoms with van der Waals surface area (Å²) in [6.07, 6.45) is 1.11. The molecule has 186 valence electrons. The number of carbonyl (C=O) groups is 3. The molecule has 2 aliphatic heterocycles. The van der Waals surface area contributed by atoms with Gasteiger partial charge in [-0.15, -0.1) is 0 Å². The first kappa shape index (κ1) is 25.2. The van der Waals surface area contributed by atoms with E-state index >= 15 is 0 Å². The van der Waals surface area contributed by atoms with Gasteiger partial charge in [0.15, 0.2) is 6.73 Å². The van der Waals surface area contributed by atoms with E-state index in [0.29, 0.717) is 38.5 Å². The maximum atomic E-state index is 12.4. The van der Waals surface area contributed by atoms with E-state index in [1.54, 1.807) is 0 Å². The highest BCUT2D eigenvalue weighted by molar-refractivity contribution is 8.15. The fraction of sp³-hybridized carbons (Fsp3) is 0.423. The number of fused-ring (bicyclic) bond motifs is 1. The number of hydrogen-bond acceptors (Lipinski definition) is 7. The van der Waals surface area contributed by atoms with E-state index in [1.807, 2.05) is 38.1 Å². The van der Waals surface area contributed by atoms with Gasteiger partial charge in [0.25, 0.3) is 5.24 Å². The molecule has 2 fully saturated rings. The van der Waals surface area contributed by atoms with Crippen molar-refractivity contribution in [2.75, 3.05) is 33.1 Å². The molecule has 2 heterocycles. The highest BCUT2D eigenvalue weighted by atomic mass is 32.2. The lowest BCUT2D eigenvalue weighted by Gasteiger charge is -2.33. The minimum atomic E-state index is -0.386. The van der Waals surface area contributed by atoms with Crippen LogP contribution in [0, 0.1) is 0 Å². The van der Waals surface area contributed by atoms with Gasteiger partial charge in [-0.05, 0) is 54.7 Å². The van der Waals surface area contributed by atoms with E-state index in [2.05, 4.69) is 29.6 Å². The Morgan fingerprint density at radius 3 is 2.40 bits per heavy atom. The Morgan fingerprint density at radius 2 is 1.89 bits per heavy atom. The summed E-state index contributed by atoms with van der Waals surface area (Å²) >= 11 is 1.02. The molecule has 0 bridgehead atoms. The Morgan fingerprint density at radius 1 is 1.14 bits per heavy atom. The molecule has 0 saturated carbocycles. The maximum Gasteiger partial charge on any atom is 0.518 e. The van der Waals surface area contributed by atoms with E-state index in [1.165, 1.54) is 11.1 Å². The summed E-state index contributed by atoms with van der Waals surface area (Å²) in [5.41, 5.74) is 3.80. The van der Waals surface area contributed by atoms with Crippen LogP contribution >= 0.6 is 11.8 Å². The third kappa shape index (κ3) is 6.22. The number of amides is 3. The summed E-state index contributed by atoms with van der Waals surface area (Å²) in [5, 5.41) is 1.61. The van der Waals surface area contributed by atoms with Crippen LogP contribution < -0.4 is 10.1 Å². The van der Waals surface area contributed by atoms with Crippen LogP contribution in [0.25, 0.3) is 11.1 Å². The second-order valence-electron chi connectivity index (χ2n) is 8.88. The smallest absolute Gasteiger partial charge is 0.487 e. The molecule has 5 rings (SSSR count). The largest absolute Gasteiger partial charge is 0.518 e. The Bertz CT molecular complexity index is 1060. The average molecular weight is 500 g/mol. The average Bonchev–Trinajstić information content (AvgIpc) is 3.11. The minimum Gasteiger partial charge on any atom is -0.487 e. The van der Waals surface area contributed by atoms with Gasteiger partial charge in [0.1, 0.15) is 31.5 Å². The zero-order chi connectivity index (χ0) is 24.8. The third-order valence-electron chi connectivity index (χ3n) is 6.31. The zero-order valence-electron chi connectivity index (χ0n) is 20.0. The highest BCUT2D eigenvalue weighted by Crippen LogP contribution is 2.32. The standard InChI is InChI=1S/C20H26N2O6S.C6H4/c1-3-9-26-13-22(8-10-27-20(22)25)14(2)12-28-16-6-4-15(5-7-16)11-17-18(23)21-19(24)29-17;1-2-5-4-6(5)3-1/h4-7,14,17H,3,8-13H2,1-2H3;1-4H/p+1. The first-order valence-corrected chi connectivity index (χ1v) is 12.7. The molecule has 35 heavy (non-hydrogen) atoms. The second kappa shape index (κ2) is 11.2. The van der Waals surface area contributed by atoms with Crippen LogP contribution in [0.15, 0.2) is 48.5 Å². The topological polar surface area (TPSA) is 90.9 Å². The number of benzene rings is 2. The quantitative estimate of drug-likeness (QED) is 0.327. The number of nitrogens with zero attached hydrogens (tertiary/aromatic N) is 1. The van der Waals surface area contributed by atoms with Crippen molar-refractivity contribution in [3.63, 3.8) is 0 Å². The van der Waals surface area contributed by atoms with Gasteiger partial charge in [0.2, 0.25) is 5.91 Å². The molecule has 3 amide bonds. The lowest BCUT2D eigenvalue weighted by Crippen LogP contribution is -2.58. The van der Waals surface area contributed by atoms with Crippen molar-refractivity contribution in [1.29, 1.82) is 0 Å². The van der Waals surface area contributed by atoms with Crippen LogP contribution in [0.1, 0.15) is 25.8 Å². The Labute approximate surface area is 209 Å². The van der Waals surface area contributed by atoms with Gasteiger partial charge in [-0.1, -0.05) is 49.0 Å². The number of quaternary nitrogens is 1. The van der Waals surface area contributed by atoms with Gasteiger partial charge < -0.3 is 14.2 Å². The molecule has 1 N–H and O–H groups in total. The van der Waals surface area contributed by atoms with E-state index in [9.17, 15) is 14.4 Å². The summed E-state index contributed by atoms with van der Waals surface area (Å²) in [6, 6.07) is 15.8. The van der Waals surface area contributed by atoms with Crippen LogP contribution in [-0.2, 0) is 20.7 Å². The number of carbonyl (C=O) groups excluding carboxylic acids is 3. The minimum absolute atomic E-state index is 0.111. The van der Waals surface area contributed by atoms with Gasteiger partial charge in [0, 0.05) is 0 Å². The molecule has 8 nitrogen and oxygen atoms in total. The van der Waals surface area contributed by atoms with Crippen molar-refractivity contribution in [3.05, 3.63) is 54.1 Å². The molecular weight excluding hydrogens is 468 g/mol. The van der Waals surface area contributed by atoms with Crippen LogP contribution in [0.3, 0.4) is 0 Å². The SMILES string of the molecule is CCCOC[N+]1(C(C)COc2ccc(CC3SC(=O)NC3=O)cc2)CCOC1=O.c1cc2cc-2c1. The number of nitrogens with one attached hydrogen (secondary N) is 1. The molecule has 3 atom stereocenters. The summed E-state index contributed by atoms with van der Waals surface area (Å²) in [7, 11) is 0. The number of rotatable bonds is 10. The van der Waals surface area contributed by atoms with Gasteiger partial charge in [0.05, 0.1) is 11.9 Å². The lowest BCUT2D eigenvalue weighted by molar-refractivity contribution is -0.886. The molecule has 1 aromatic rings. The molecule has 0 spiro atoms. The van der Waals surface area contributed by atoms with Gasteiger partial charge in [-0.2, -0.15) is 9.28 Å². The van der Waals surface area contributed by atoms with Crippen molar-refractivity contribution in [1.82, 2.24) is 5.32 Å². The van der Waals surface area contributed by atoms with Crippen molar-refractivity contribution in [2.45, 2.75) is 38.0 Å². The summed E-state index contributed by atoms with van der Waals surface area (Å²) < 4.78 is 16.9. The molecule has 0 radical (unpaired) electrons. The van der Waals surface area contributed by atoms with Crippen molar-refractivity contribution >= 4 is 29.0 Å². The fourth-order valence-electron chi connectivity index (χ4n) is 4.03. The first-order valence-electron chi connectivity index (χ1n) is 11.9. The van der Waals surface area contributed by atoms with Crippen LogP contribution in [0.4, 0.5) is 9.59 Å². The summed E-state index contributed by atoms with van der Waals surface area (Å²) in [4.78, 5) is 35.3. The molecule has 1 aromatic carbocycles. The molecule has 2 aliphatic carbocycles. The fourth-order valence-corrected chi connectivity index (χ4v) is 4.89. The molecule has 2 saturated heterocycles.